The van der Waals surface area contributed by atoms with E-state index in [0.717, 1.165) is 25.1 Å². The van der Waals surface area contributed by atoms with Crippen LogP contribution in [0.15, 0.2) is 18.2 Å². The first-order valence-corrected chi connectivity index (χ1v) is 6.54. The van der Waals surface area contributed by atoms with Gasteiger partial charge in [-0.3, -0.25) is 4.90 Å². The normalized spacial score (nSPS) is 20.9. The van der Waals surface area contributed by atoms with Crippen LogP contribution in [0, 0.1) is 0 Å². The molecule has 4 nitrogen and oxygen atoms in total. The van der Waals surface area contributed by atoms with Crippen molar-refractivity contribution in [2.75, 3.05) is 20.2 Å². The van der Waals surface area contributed by atoms with Gasteiger partial charge in [-0.15, -0.1) is 0 Å². The molecule has 0 radical (unpaired) electrons. The Bertz CT molecular complexity index is 395. The molecule has 1 aromatic carbocycles. The Morgan fingerprint density at radius 2 is 2.28 bits per heavy atom. The Morgan fingerprint density at radius 3 is 2.94 bits per heavy atom. The quantitative estimate of drug-likeness (QED) is 0.854. The zero-order valence-corrected chi connectivity index (χ0v) is 10.9. The van der Waals surface area contributed by atoms with Crippen molar-refractivity contribution in [2.45, 2.75) is 31.8 Å². The maximum absolute atomic E-state index is 9.97. The third-order valence-electron chi connectivity index (χ3n) is 3.69. The number of aromatic hydroxyl groups is 1. The van der Waals surface area contributed by atoms with Crippen molar-refractivity contribution in [3.05, 3.63) is 23.8 Å². The summed E-state index contributed by atoms with van der Waals surface area (Å²) in [6, 6.07) is 5.92. The zero-order chi connectivity index (χ0) is 13.0. The van der Waals surface area contributed by atoms with E-state index >= 15 is 0 Å². The summed E-state index contributed by atoms with van der Waals surface area (Å²) in [5.74, 6) is 0.987. The lowest BCUT2D eigenvalue weighted by Gasteiger charge is -2.35. The Labute approximate surface area is 108 Å². The summed E-state index contributed by atoms with van der Waals surface area (Å²) in [6.07, 6.45) is 3.63. The topological polar surface area (TPSA) is 58.7 Å². The second-order valence-electron chi connectivity index (χ2n) is 4.85. The number of nitrogens with zero attached hydrogens (tertiary/aromatic N) is 1. The predicted molar refractivity (Wildman–Crippen MR) is 71.8 cm³/mol. The summed E-state index contributed by atoms with van der Waals surface area (Å²) >= 11 is 0. The van der Waals surface area contributed by atoms with E-state index in [-0.39, 0.29) is 0 Å². The molecule has 1 atom stereocenters. The summed E-state index contributed by atoms with van der Waals surface area (Å²) < 4.78 is 5.09. The zero-order valence-electron chi connectivity index (χ0n) is 10.9. The molecule has 1 aliphatic heterocycles. The van der Waals surface area contributed by atoms with Gasteiger partial charge in [0.2, 0.25) is 0 Å². The molecule has 1 aliphatic rings. The lowest BCUT2D eigenvalue weighted by molar-refractivity contribution is 0.143. The molecule has 1 saturated heterocycles. The number of likely N-dealkylation sites (tertiary alicyclic amines) is 1. The third-order valence-corrected chi connectivity index (χ3v) is 3.69. The lowest BCUT2D eigenvalue weighted by atomic mass is 10.0. The SMILES string of the molecule is COc1ccc(CN2CCCCC2CN)c(O)c1. The molecule has 1 aromatic rings. The van der Waals surface area contributed by atoms with E-state index < -0.39 is 0 Å². The van der Waals surface area contributed by atoms with E-state index in [1.54, 1.807) is 13.2 Å². The number of methoxy groups -OCH3 is 1. The van der Waals surface area contributed by atoms with Crippen molar-refractivity contribution in [1.29, 1.82) is 0 Å². The van der Waals surface area contributed by atoms with Crippen LogP contribution in [0.1, 0.15) is 24.8 Å². The van der Waals surface area contributed by atoms with E-state index in [2.05, 4.69) is 4.90 Å². The molecular formula is C14H22N2O2. The molecule has 1 fully saturated rings. The molecule has 0 spiro atoms. The number of hydrogen-bond acceptors (Lipinski definition) is 4. The number of ether oxygens (including phenoxy) is 1. The van der Waals surface area contributed by atoms with Crippen LogP contribution >= 0.6 is 0 Å². The van der Waals surface area contributed by atoms with Gasteiger partial charge in [-0.1, -0.05) is 12.5 Å². The Kier molecular flexibility index (Phi) is 4.44. The van der Waals surface area contributed by atoms with Gasteiger partial charge in [0, 0.05) is 30.8 Å². The van der Waals surface area contributed by atoms with E-state index in [9.17, 15) is 5.11 Å². The van der Waals surface area contributed by atoms with Gasteiger partial charge in [0.05, 0.1) is 7.11 Å². The highest BCUT2D eigenvalue weighted by Crippen LogP contribution is 2.27. The summed E-state index contributed by atoms with van der Waals surface area (Å²) in [7, 11) is 1.60. The number of hydrogen-bond donors (Lipinski definition) is 2. The van der Waals surface area contributed by atoms with Crippen LogP contribution in [-0.2, 0) is 6.54 Å². The molecular weight excluding hydrogens is 228 g/mol. The van der Waals surface area contributed by atoms with Crippen molar-refractivity contribution >= 4 is 0 Å². The maximum atomic E-state index is 9.97. The predicted octanol–water partition coefficient (Wildman–Crippen LogP) is 1.71. The molecule has 0 bridgehead atoms. The van der Waals surface area contributed by atoms with Crippen molar-refractivity contribution in [3.63, 3.8) is 0 Å². The third kappa shape index (κ3) is 2.94. The van der Waals surface area contributed by atoms with Gasteiger partial charge >= 0.3 is 0 Å². The fraction of sp³-hybridized carbons (Fsp3) is 0.571. The van der Waals surface area contributed by atoms with Gasteiger partial charge < -0.3 is 15.6 Å². The molecule has 100 valence electrons. The molecule has 1 heterocycles. The number of piperidine rings is 1. The largest absolute Gasteiger partial charge is 0.507 e. The lowest BCUT2D eigenvalue weighted by Crippen LogP contribution is -2.43. The van der Waals surface area contributed by atoms with E-state index in [4.69, 9.17) is 10.5 Å². The van der Waals surface area contributed by atoms with Crippen LogP contribution in [0.4, 0.5) is 0 Å². The summed E-state index contributed by atoms with van der Waals surface area (Å²) in [6.45, 7) is 2.52. The van der Waals surface area contributed by atoms with Gasteiger partial charge in [-0.25, -0.2) is 0 Å². The van der Waals surface area contributed by atoms with Gasteiger partial charge in [0.1, 0.15) is 11.5 Å². The first kappa shape index (κ1) is 13.2. The Balaban J connectivity index is 2.07. The van der Waals surface area contributed by atoms with Crippen LogP contribution in [-0.4, -0.2) is 36.2 Å². The smallest absolute Gasteiger partial charge is 0.123 e. The average molecular weight is 250 g/mol. The highest BCUT2D eigenvalue weighted by Gasteiger charge is 2.21. The minimum Gasteiger partial charge on any atom is -0.507 e. The highest BCUT2D eigenvalue weighted by atomic mass is 16.5. The summed E-state index contributed by atoms with van der Waals surface area (Å²) in [5.41, 5.74) is 6.75. The van der Waals surface area contributed by atoms with Crippen molar-refractivity contribution in [1.82, 2.24) is 4.90 Å². The van der Waals surface area contributed by atoms with Crippen molar-refractivity contribution < 1.29 is 9.84 Å². The van der Waals surface area contributed by atoms with Crippen LogP contribution in [0.2, 0.25) is 0 Å². The molecule has 2 rings (SSSR count). The summed E-state index contributed by atoms with van der Waals surface area (Å²) in [4.78, 5) is 2.37. The number of nitrogens with two attached hydrogens (primary N) is 1. The second-order valence-corrected chi connectivity index (χ2v) is 4.85. The van der Waals surface area contributed by atoms with Crippen LogP contribution in [0.3, 0.4) is 0 Å². The average Bonchev–Trinajstić information content (AvgIpc) is 2.41. The molecule has 1 unspecified atom stereocenters. The molecule has 4 heteroatoms. The van der Waals surface area contributed by atoms with Crippen LogP contribution < -0.4 is 10.5 Å². The minimum atomic E-state index is 0.302. The monoisotopic (exact) mass is 250 g/mol. The van der Waals surface area contributed by atoms with E-state index in [1.165, 1.54) is 12.8 Å². The molecule has 0 aromatic heterocycles. The summed E-state index contributed by atoms with van der Waals surface area (Å²) in [5, 5.41) is 9.97. The maximum Gasteiger partial charge on any atom is 0.123 e. The van der Waals surface area contributed by atoms with Gasteiger partial charge in [0.25, 0.3) is 0 Å². The fourth-order valence-corrected chi connectivity index (χ4v) is 2.56. The Hall–Kier alpha value is -1.26. The molecule has 0 amide bonds. The van der Waals surface area contributed by atoms with Crippen LogP contribution in [0.25, 0.3) is 0 Å². The number of phenolic OH excluding ortho intramolecular Hbond substituents is 1. The molecule has 3 N–H and O–H groups in total. The molecule has 0 saturated carbocycles. The first-order valence-electron chi connectivity index (χ1n) is 6.54. The van der Waals surface area contributed by atoms with Gasteiger partial charge in [-0.05, 0) is 25.5 Å². The van der Waals surface area contributed by atoms with E-state index in [1.807, 2.05) is 12.1 Å². The van der Waals surface area contributed by atoms with Gasteiger partial charge in [0.15, 0.2) is 0 Å². The minimum absolute atomic E-state index is 0.302. The molecule has 0 aliphatic carbocycles. The van der Waals surface area contributed by atoms with Gasteiger partial charge in [-0.2, -0.15) is 0 Å². The second kappa shape index (κ2) is 6.07. The highest BCUT2D eigenvalue weighted by molar-refractivity contribution is 5.39. The first-order chi connectivity index (χ1) is 8.74. The Morgan fingerprint density at radius 1 is 1.44 bits per heavy atom. The number of phenols is 1. The fourth-order valence-electron chi connectivity index (χ4n) is 2.56. The van der Waals surface area contributed by atoms with Crippen LogP contribution in [0.5, 0.6) is 11.5 Å². The number of rotatable bonds is 4. The number of benzene rings is 1. The van der Waals surface area contributed by atoms with Crippen molar-refractivity contribution in [3.8, 4) is 11.5 Å². The van der Waals surface area contributed by atoms with E-state index in [0.29, 0.717) is 24.1 Å². The molecule has 18 heavy (non-hydrogen) atoms. The van der Waals surface area contributed by atoms with Crippen molar-refractivity contribution in [2.24, 2.45) is 5.73 Å². The standard InChI is InChI=1S/C14H22N2O2/c1-18-13-6-5-11(14(17)8-13)10-16-7-3-2-4-12(16)9-15/h5-6,8,12,17H,2-4,7,9-10,15H2,1H3.